The summed E-state index contributed by atoms with van der Waals surface area (Å²) >= 11 is 0. The van der Waals surface area contributed by atoms with Crippen molar-refractivity contribution in [1.29, 1.82) is 0 Å². The van der Waals surface area contributed by atoms with Crippen LogP contribution in [-0.4, -0.2) is 10.1 Å². The summed E-state index contributed by atoms with van der Waals surface area (Å²) in [5.74, 6) is 0.0924. The zero-order chi connectivity index (χ0) is 10.8. The van der Waals surface area contributed by atoms with Crippen LogP contribution in [0.2, 0.25) is 0 Å². The van der Waals surface area contributed by atoms with E-state index in [9.17, 15) is 5.11 Å². The first kappa shape index (κ1) is 9.33. The Labute approximate surface area is 87.2 Å². The van der Waals surface area contributed by atoms with Gasteiger partial charge in [0, 0.05) is 23.1 Å². The molecule has 2 aromatic rings. The third kappa shape index (κ3) is 1.69. The summed E-state index contributed by atoms with van der Waals surface area (Å²) in [6.07, 6.45) is 1.59. The van der Waals surface area contributed by atoms with Crippen LogP contribution < -0.4 is 11.5 Å². The van der Waals surface area contributed by atoms with Gasteiger partial charge in [0.15, 0.2) is 0 Å². The highest BCUT2D eigenvalue weighted by molar-refractivity contribution is 5.79. The molecule has 1 aromatic heterocycles. The maximum absolute atomic E-state index is 9.62. The fraction of sp³-hybridized carbons (Fsp3) is 0. The molecule has 0 bridgehead atoms. The van der Waals surface area contributed by atoms with E-state index in [2.05, 4.69) is 4.98 Å². The van der Waals surface area contributed by atoms with E-state index in [-0.39, 0.29) is 5.75 Å². The number of nitrogens with two attached hydrogens (primary N) is 2. The molecule has 4 heteroatoms. The van der Waals surface area contributed by atoms with Gasteiger partial charge in [-0.3, -0.25) is 4.98 Å². The van der Waals surface area contributed by atoms with E-state index in [1.54, 1.807) is 36.5 Å². The van der Waals surface area contributed by atoms with Crippen LogP contribution in [0.4, 0.5) is 11.4 Å². The Kier molecular flexibility index (Phi) is 2.17. The molecule has 0 atom stereocenters. The molecule has 76 valence electrons. The van der Waals surface area contributed by atoms with E-state index in [4.69, 9.17) is 11.5 Å². The average Bonchev–Trinajstić information content (AvgIpc) is 2.23. The summed E-state index contributed by atoms with van der Waals surface area (Å²) in [7, 11) is 0. The first-order valence-electron chi connectivity index (χ1n) is 4.48. The lowest BCUT2D eigenvalue weighted by atomic mass is 10.1. The summed E-state index contributed by atoms with van der Waals surface area (Å²) in [6, 6.07) is 8.31. The van der Waals surface area contributed by atoms with Crippen LogP contribution in [0.3, 0.4) is 0 Å². The van der Waals surface area contributed by atoms with Crippen LogP contribution >= 0.6 is 0 Å². The smallest absolute Gasteiger partial charge is 0.141 e. The van der Waals surface area contributed by atoms with Crippen LogP contribution in [0.25, 0.3) is 11.3 Å². The molecule has 0 aliphatic rings. The van der Waals surface area contributed by atoms with E-state index in [0.29, 0.717) is 22.6 Å². The molecule has 0 aliphatic carbocycles. The predicted octanol–water partition coefficient (Wildman–Crippen LogP) is 1.62. The van der Waals surface area contributed by atoms with Gasteiger partial charge in [-0.05, 0) is 30.3 Å². The van der Waals surface area contributed by atoms with Gasteiger partial charge in [0.25, 0.3) is 0 Å². The number of hydrogen-bond donors (Lipinski definition) is 3. The zero-order valence-corrected chi connectivity index (χ0v) is 8.01. The fourth-order valence-electron chi connectivity index (χ4n) is 1.38. The second-order valence-electron chi connectivity index (χ2n) is 3.22. The first-order chi connectivity index (χ1) is 7.18. The third-order valence-corrected chi connectivity index (χ3v) is 2.12. The molecule has 0 aliphatic heterocycles. The topological polar surface area (TPSA) is 85.2 Å². The van der Waals surface area contributed by atoms with Gasteiger partial charge in [0.2, 0.25) is 0 Å². The Bertz CT molecular complexity index is 497. The minimum absolute atomic E-state index is 0.0924. The lowest BCUT2D eigenvalue weighted by Gasteiger charge is -2.07. The molecule has 0 amide bonds. The highest BCUT2D eigenvalue weighted by atomic mass is 16.3. The lowest BCUT2D eigenvalue weighted by Crippen LogP contribution is -1.94. The quantitative estimate of drug-likeness (QED) is 0.612. The normalized spacial score (nSPS) is 10.1. The Hall–Kier alpha value is -2.23. The van der Waals surface area contributed by atoms with Crippen molar-refractivity contribution in [3.63, 3.8) is 0 Å². The second kappa shape index (κ2) is 3.49. The number of pyridine rings is 1. The number of aromatic nitrogens is 1. The Morgan fingerprint density at radius 3 is 2.67 bits per heavy atom. The van der Waals surface area contributed by atoms with Crippen molar-refractivity contribution in [2.45, 2.75) is 0 Å². The molecule has 4 nitrogen and oxygen atoms in total. The molecule has 0 radical (unpaired) electrons. The van der Waals surface area contributed by atoms with Gasteiger partial charge in [-0.1, -0.05) is 0 Å². The van der Waals surface area contributed by atoms with Crippen LogP contribution in [-0.2, 0) is 0 Å². The van der Waals surface area contributed by atoms with E-state index in [1.165, 1.54) is 0 Å². The van der Waals surface area contributed by atoms with Crippen LogP contribution in [0, 0.1) is 0 Å². The zero-order valence-electron chi connectivity index (χ0n) is 8.01. The molecule has 0 saturated heterocycles. The molecule has 0 fully saturated rings. The van der Waals surface area contributed by atoms with Gasteiger partial charge < -0.3 is 16.6 Å². The number of nitrogens with zero attached hydrogens (tertiary/aromatic N) is 1. The highest BCUT2D eigenvalue weighted by Gasteiger charge is 2.08. The lowest BCUT2D eigenvalue weighted by molar-refractivity contribution is 0.475. The van der Waals surface area contributed by atoms with E-state index in [0.717, 1.165) is 0 Å². The monoisotopic (exact) mass is 201 g/mol. The predicted molar refractivity (Wildman–Crippen MR) is 60.2 cm³/mol. The number of nitrogen functional groups attached to an aromatic ring is 2. The second-order valence-corrected chi connectivity index (χ2v) is 3.22. The molecular formula is C11H11N3O. The minimum Gasteiger partial charge on any atom is -0.506 e. The van der Waals surface area contributed by atoms with Crippen molar-refractivity contribution in [2.24, 2.45) is 0 Å². The van der Waals surface area contributed by atoms with E-state index >= 15 is 0 Å². The largest absolute Gasteiger partial charge is 0.506 e. The number of rotatable bonds is 1. The molecular weight excluding hydrogens is 190 g/mol. The van der Waals surface area contributed by atoms with E-state index < -0.39 is 0 Å². The van der Waals surface area contributed by atoms with Gasteiger partial charge in [-0.25, -0.2) is 0 Å². The minimum atomic E-state index is 0.0924. The molecule has 0 unspecified atom stereocenters. The Balaban J connectivity index is 2.64. The van der Waals surface area contributed by atoms with Crippen molar-refractivity contribution < 1.29 is 5.11 Å². The molecule has 2 rings (SSSR count). The van der Waals surface area contributed by atoms with Gasteiger partial charge >= 0.3 is 0 Å². The average molecular weight is 201 g/mol. The number of aromatic hydroxyl groups is 1. The number of hydrogen-bond acceptors (Lipinski definition) is 4. The SMILES string of the molecule is Nc1ccc(N)c(-c2ncccc2O)c1. The summed E-state index contributed by atoms with van der Waals surface area (Å²) < 4.78 is 0. The molecule has 15 heavy (non-hydrogen) atoms. The fourth-order valence-corrected chi connectivity index (χ4v) is 1.38. The highest BCUT2D eigenvalue weighted by Crippen LogP contribution is 2.31. The van der Waals surface area contributed by atoms with Gasteiger partial charge in [0.05, 0.1) is 0 Å². The van der Waals surface area contributed by atoms with Crippen molar-refractivity contribution in [3.05, 3.63) is 36.5 Å². The van der Waals surface area contributed by atoms with Gasteiger partial charge in [-0.2, -0.15) is 0 Å². The maximum Gasteiger partial charge on any atom is 0.141 e. The summed E-state index contributed by atoms with van der Waals surface area (Å²) in [6.45, 7) is 0. The van der Waals surface area contributed by atoms with Gasteiger partial charge in [-0.15, -0.1) is 0 Å². The number of anilines is 2. The van der Waals surface area contributed by atoms with Crippen LogP contribution in [0.5, 0.6) is 5.75 Å². The Morgan fingerprint density at radius 1 is 1.13 bits per heavy atom. The summed E-state index contributed by atoms with van der Waals surface area (Å²) in [4.78, 5) is 4.06. The molecule has 0 saturated carbocycles. The molecule has 1 aromatic carbocycles. The van der Waals surface area contributed by atoms with Crippen molar-refractivity contribution in [2.75, 3.05) is 11.5 Å². The van der Waals surface area contributed by atoms with Crippen molar-refractivity contribution >= 4 is 11.4 Å². The van der Waals surface area contributed by atoms with Crippen molar-refractivity contribution in [1.82, 2.24) is 4.98 Å². The van der Waals surface area contributed by atoms with Gasteiger partial charge in [0.1, 0.15) is 11.4 Å². The summed E-state index contributed by atoms with van der Waals surface area (Å²) in [5.41, 5.74) is 13.7. The molecule has 1 heterocycles. The van der Waals surface area contributed by atoms with Crippen LogP contribution in [0.1, 0.15) is 0 Å². The number of benzene rings is 1. The Morgan fingerprint density at radius 2 is 1.93 bits per heavy atom. The maximum atomic E-state index is 9.62. The third-order valence-electron chi connectivity index (χ3n) is 2.12. The van der Waals surface area contributed by atoms with Crippen LogP contribution in [0.15, 0.2) is 36.5 Å². The molecule has 0 spiro atoms. The van der Waals surface area contributed by atoms with Crippen molar-refractivity contribution in [3.8, 4) is 17.0 Å². The van der Waals surface area contributed by atoms with E-state index in [1.807, 2.05) is 0 Å². The molecule has 5 N–H and O–H groups in total. The first-order valence-corrected chi connectivity index (χ1v) is 4.48. The summed E-state index contributed by atoms with van der Waals surface area (Å²) in [5, 5.41) is 9.62. The standard InChI is InChI=1S/C11H11N3O/c12-7-3-4-9(13)8(6-7)11-10(15)2-1-5-14-11/h1-6,15H,12-13H2.